The summed E-state index contributed by atoms with van der Waals surface area (Å²) in [5.41, 5.74) is 0.252. The molecular weight excluding hydrogens is 371 g/mol. The molecule has 1 aromatic carbocycles. The molecule has 2 N–H and O–H groups in total. The summed E-state index contributed by atoms with van der Waals surface area (Å²) in [6.07, 6.45) is 7.06. The second-order valence-corrected chi connectivity index (χ2v) is 8.50. The Morgan fingerprint density at radius 3 is 2.78 bits per heavy atom. The van der Waals surface area contributed by atoms with Gasteiger partial charge in [-0.2, -0.15) is 0 Å². The molecule has 1 fully saturated rings. The van der Waals surface area contributed by atoms with Crippen LogP contribution in [0.15, 0.2) is 36.9 Å². The van der Waals surface area contributed by atoms with Crippen LogP contribution in [-0.4, -0.2) is 34.4 Å². The zero-order valence-electron chi connectivity index (χ0n) is 14.3. The second kappa shape index (κ2) is 6.73. The molecule has 0 bridgehead atoms. The number of ketones is 1. The zero-order valence-corrected chi connectivity index (χ0v) is 15.1. The van der Waals surface area contributed by atoms with Crippen molar-refractivity contribution in [2.45, 2.75) is 30.9 Å². The fourth-order valence-electron chi connectivity index (χ4n) is 3.41. The summed E-state index contributed by atoms with van der Waals surface area (Å²) < 4.78 is 42.2. The van der Waals surface area contributed by atoms with E-state index >= 15 is 0 Å². The zero-order chi connectivity index (χ0) is 19.0. The summed E-state index contributed by atoms with van der Waals surface area (Å²) in [5, 5.41) is -0.0548. The largest absolute Gasteiger partial charge is 0.345 e. The Hall–Kier alpha value is -2.81. The van der Waals surface area contributed by atoms with Gasteiger partial charge in [0.25, 0.3) is 0 Å². The number of carbonyl (C=O) groups is 1. The number of rotatable bonds is 5. The Labute approximate surface area is 155 Å². The number of aromatic amines is 1. The molecule has 1 saturated carbocycles. The quantitative estimate of drug-likeness (QED) is 0.654. The lowest BCUT2D eigenvalue weighted by Crippen LogP contribution is -2.26. The summed E-state index contributed by atoms with van der Waals surface area (Å²) in [6, 6.07) is 4.10. The third-order valence-corrected chi connectivity index (χ3v) is 6.69. The number of fused-ring (bicyclic) bond motifs is 1. The van der Waals surface area contributed by atoms with Crippen LogP contribution in [0.2, 0.25) is 0 Å². The number of benzene rings is 1. The van der Waals surface area contributed by atoms with E-state index in [2.05, 4.69) is 19.7 Å². The SMILES string of the molecule is O=C(c1cccc(NS(=O)(=O)C2CCCC2)c1F)c1c[nH]c2ncncc12. The second-order valence-electron chi connectivity index (χ2n) is 6.54. The van der Waals surface area contributed by atoms with Gasteiger partial charge in [0.15, 0.2) is 11.6 Å². The monoisotopic (exact) mass is 388 g/mol. The number of sulfonamides is 1. The number of aromatic nitrogens is 3. The minimum absolute atomic E-state index is 0.216. The summed E-state index contributed by atoms with van der Waals surface area (Å²) in [4.78, 5) is 23.6. The summed E-state index contributed by atoms with van der Waals surface area (Å²) >= 11 is 0. The Balaban J connectivity index is 1.68. The third-order valence-electron chi connectivity index (χ3n) is 4.84. The molecule has 2 aromatic heterocycles. The molecule has 9 heteroatoms. The standard InChI is InChI=1S/C18H17FN4O3S/c19-16-12(17(24)13-9-21-18-14(13)8-20-10-22-18)6-3-7-15(16)23-27(25,26)11-4-1-2-5-11/h3,6-11,23H,1-2,4-5H2,(H,20,21,22). The average molecular weight is 388 g/mol. The number of H-pyrrole nitrogens is 1. The van der Waals surface area contributed by atoms with Gasteiger partial charge in [0.1, 0.15) is 12.0 Å². The van der Waals surface area contributed by atoms with E-state index in [1.54, 1.807) is 0 Å². The van der Waals surface area contributed by atoms with Gasteiger partial charge in [0.05, 0.1) is 22.1 Å². The first-order chi connectivity index (χ1) is 13.0. The van der Waals surface area contributed by atoms with Crippen LogP contribution in [0.5, 0.6) is 0 Å². The average Bonchev–Trinajstić information content (AvgIpc) is 3.33. The summed E-state index contributed by atoms with van der Waals surface area (Å²) in [6.45, 7) is 0. The van der Waals surface area contributed by atoms with Crippen molar-refractivity contribution in [3.05, 3.63) is 53.9 Å². The predicted octanol–water partition coefficient (Wildman–Crippen LogP) is 3.01. The molecule has 3 aromatic rings. The third kappa shape index (κ3) is 3.18. The Bertz CT molecular complexity index is 1120. The Morgan fingerprint density at radius 1 is 1.22 bits per heavy atom. The minimum Gasteiger partial charge on any atom is -0.345 e. The molecule has 140 valence electrons. The van der Waals surface area contributed by atoms with Gasteiger partial charge in [-0.1, -0.05) is 18.9 Å². The van der Waals surface area contributed by atoms with Crippen LogP contribution in [-0.2, 0) is 10.0 Å². The molecule has 4 rings (SSSR count). The van der Waals surface area contributed by atoms with Gasteiger partial charge < -0.3 is 4.98 Å². The number of halogens is 1. The van der Waals surface area contributed by atoms with E-state index in [4.69, 9.17) is 0 Å². The number of anilines is 1. The number of carbonyl (C=O) groups excluding carboxylic acids is 1. The Kier molecular flexibility index (Phi) is 4.39. The van der Waals surface area contributed by atoms with E-state index < -0.39 is 26.9 Å². The molecule has 0 amide bonds. The topological polar surface area (TPSA) is 105 Å². The molecule has 2 heterocycles. The highest BCUT2D eigenvalue weighted by atomic mass is 32.2. The van der Waals surface area contributed by atoms with Crippen LogP contribution in [0.4, 0.5) is 10.1 Å². The maximum atomic E-state index is 14.9. The lowest BCUT2D eigenvalue weighted by molar-refractivity contribution is 0.103. The Morgan fingerprint density at radius 2 is 2.00 bits per heavy atom. The summed E-state index contributed by atoms with van der Waals surface area (Å²) in [7, 11) is -3.69. The number of hydrogen-bond acceptors (Lipinski definition) is 5. The van der Waals surface area contributed by atoms with Crippen molar-refractivity contribution in [1.29, 1.82) is 0 Å². The van der Waals surface area contributed by atoms with E-state index in [1.165, 1.54) is 36.9 Å². The first-order valence-electron chi connectivity index (χ1n) is 8.59. The summed E-state index contributed by atoms with van der Waals surface area (Å²) in [5.74, 6) is -1.47. The van der Waals surface area contributed by atoms with Crippen LogP contribution >= 0.6 is 0 Å². The van der Waals surface area contributed by atoms with E-state index in [0.29, 0.717) is 23.9 Å². The van der Waals surface area contributed by atoms with Gasteiger partial charge in [0.2, 0.25) is 10.0 Å². The molecule has 0 atom stereocenters. The fourth-order valence-corrected chi connectivity index (χ4v) is 5.00. The van der Waals surface area contributed by atoms with Gasteiger partial charge in [-0.15, -0.1) is 0 Å². The van der Waals surface area contributed by atoms with Crippen molar-refractivity contribution in [3.63, 3.8) is 0 Å². The predicted molar refractivity (Wildman–Crippen MR) is 98.5 cm³/mol. The molecular formula is C18H17FN4O3S. The molecule has 0 aliphatic heterocycles. The van der Waals surface area contributed by atoms with Crippen LogP contribution in [0.25, 0.3) is 11.0 Å². The maximum Gasteiger partial charge on any atom is 0.235 e. The van der Waals surface area contributed by atoms with Gasteiger partial charge in [-0.05, 0) is 25.0 Å². The smallest absolute Gasteiger partial charge is 0.235 e. The lowest BCUT2D eigenvalue weighted by Gasteiger charge is -2.15. The van der Waals surface area contributed by atoms with E-state index in [1.807, 2.05) is 0 Å². The molecule has 0 unspecified atom stereocenters. The number of nitrogens with zero attached hydrogens (tertiary/aromatic N) is 2. The van der Waals surface area contributed by atoms with E-state index in [0.717, 1.165) is 12.8 Å². The highest BCUT2D eigenvalue weighted by molar-refractivity contribution is 7.93. The van der Waals surface area contributed by atoms with Crippen molar-refractivity contribution in [3.8, 4) is 0 Å². The molecule has 0 spiro atoms. The van der Waals surface area contributed by atoms with E-state index in [9.17, 15) is 17.6 Å². The van der Waals surface area contributed by atoms with E-state index in [-0.39, 0.29) is 16.8 Å². The van der Waals surface area contributed by atoms with Gasteiger partial charge in [0, 0.05) is 17.8 Å². The van der Waals surface area contributed by atoms with Crippen molar-refractivity contribution in [2.75, 3.05) is 4.72 Å². The lowest BCUT2D eigenvalue weighted by atomic mass is 10.0. The first kappa shape index (κ1) is 17.6. The number of hydrogen-bond donors (Lipinski definition) is 2. The van der Waals surface area contributed by atoms with Crippen molar-refractivity contribution in [2.24, 2.45) is 0 Å². The van der Waals surface area contributed by atoms with Gasteiger partial charge in [-0.25, -0.2) is 22.8 Å². The van der Waals surface area contributed by atoms with Crippen LogP contribution in [0, 0.1) is 5.82 Å². The fraction of sp³-hybridized carbons (Fsp3) is 0.278. The first-order valence-corrected chi connectivity index (χ1v) is 10.1. The highest BCUT2D eigenvalue weighted by Crippen LogP contribution is 2.29. The van der Waals surface area contributed by atoms with Crippen molar-refractivity contribution < 1.29 is 17.6 Å². The minimum atomic E-state index is -3.69. The van der Waals surface area contributed by atoms with Crippen LogP contribution in [0.3, 0.4) is 0 Å². The molecule has 1 aliphatic rings. The van der Waals surface area contributed by atoms with Gasteiger partial charge in [-0.3, -0.25) is 9.52 Å². The molecule has 27 heavy (non-hydrogen) atoms. The molecule has 0 radical (unpaired) electrons. The van der Waals surface area contributed by atoms with Crippen molar-refractivity contribution in [1.82, 2.24) is 15.0 Å². The highest BCUT2D eigenvalue weighted by Gasteiger charge is 2.30. The van der Waals surface area contributed by atoms with Crippen molar-refractivity contribution >= 4 is 32.5 Å². The molecule has 0 saturated heterocycles. The number of nitrogens with one attached hydrogen (secondary N) is 2. The van der Waals surface area contributed by atoms with Crippen LogP contribution < -0.4 is 4.72 Å². The normalized spacial score (nSPS) is 15.3. The molecule has 1 aliphatic carbocycles. The molecule has 7 nitrogen and oxygen atoms in total. The van der Waals surface area contributed by atoms with Gasteiger partial charge >= 0.3 is 0 Å². The maximum absolute atomic E-state index is 14.9. The van der Waals surface area contributed by atoms with Crippen LogP contribution in [0.1, 0.15) is 41.6 Å².